The maximum absolute atomic E-state index is 10.9. The molecular weight excluding hydrogens is 252 g/mol. The number of halogens is 1. The zero-order valence-electron chi connectivity index (χ0n) is 7.75. The first-order chi connectivity index (χ1) is 7.61. The van der Waals surface area contributed by atoms with Crippen LogP contribution in [0.1, 0.15) is 0 Å². The third-order valence-corrected chi connectivity index (χ3v) is 3.21. The van der Waals surface area contributed by atoms with Crippen molar-refractivity contribution in [1.29, 1.82) is 0 Å². The van der Waals surface area contributed by atoms with Crippen molar-refractivity contribution in [1.82, 2.24) is 9.97 Å². The van der Waals surface area contributed by atoms with Gasteiger partial charge in [-0.3, -0.25) is 10.1 Å². The van der Waals surface area contributed by atoms with Crippen molar-refractivity contribution in [2.45, 2.75) is 0 Å². The van der Waals surface area contributed by atoms with Gasteiger partial charge in [-0.15, -0.1) is 11.3 Å². The summed E-state index contributed by atoms with van der Waals surface area (Å²) in [6.45, 7) is 0. The van der Waals surface area contributed by atoms with Crippen LogP contribution in [-0.2, 0) is 0 Å². The van der Waals surface area contributed by atoms with Crippen LogP contribution in [0.15, 0.2) is 17.8 Å². The van der Waals surface area contributed by atoms with Gasteiger partial charge in [0.15, 0.2) is 5.69 Å². The number of hydrogen-bond donors (Lipinski definition) is 1. The average molecular weight is 257 g/mol. The fourth-order valence-electron chi connectivity index (χ4n) is 1.20. The molecule has 2 rings (SSSR count). The molecule has 2 aromatic rings. The fourth-order valence-corrected chi connectivity index (χ4v) is 2.34. The Morgan fingerprint density at radius 1 is 1.50 bits per heavy atom. The lowest BCUT2D eigenvalue weighted by Gasteiger charge is -2.01. The molecule has 0 radical (unpaired) electrons. The molecule has 0 unspecified atom stereocenters. The summed E-state index contributed by atoms with van der Waals surface area (Å²) in [5.41, 5.74) is 5.28. The number of rotatable bonds is 2. The summed E-state index contributed by atoms with van der Waals surface area (Å²) in [7, 11) is 0. The van der Waals surface area contributed by atoms with Gasteiger partial charge in [0, 0.05) is 0 Å². The van der Waals surface area contributed by atoms with Gasteiger partial charge in [0.2, 0.25) is 5.82 Å². The molecule has 16 heavy (non-hydrogen) atoms. The maximum Gasteiger partial charge on any atom is 0.338 e. The first-order valence-corrected chi connectivity index (χ1v) is 5.35. The molecule has 0 saturated carbocycles. The monoisotopic (exact) mass is 256 g/mol. The quantitative estimate of drug-likeness (QED) is 0.657. The molecule has 2 aromatic heterocycles. The highest BCUT2D eigenvalue weighted by Crippen LogP contribution is 2.38. The predicted octanol–water partition coefficient (Wildman–Crippen LogP) is 2.35. The molecule has 0 aromatic carbocycles. The van der Waals surface area contributed by atoms with E-state index in [1.54, 1.807) is 11.4 Å². The molecule has 0 spiro atoms. The van der Waals surface area contributed by atoms with Gasteiger partial charge in [-0.05, 0) is 11.4 Å². The Bertz CT molecular complexity index is 557. The molecule has 2 heterocycles. The molecule has 82 valence electrons. The Morgan fingerprint density at radius 2 is 2.25 bits per heavy atom. The number of hydrogen-bond acceptors (Lipinski definition) is 6. The minimum absolute atomic E-state index is 0.150. The van der Waals surface area contributed by atoms with Gasteiger partial charge in [-0.25, -0.2) is 9.97 Å². The van der Waals surface area contributed by atoms with Crippen molar-refractivity contribution in [2.24, 2.45) is 0 Å². The first kappa shape index (κ1) is 10.8. The summed E-state index contributed by atoms with van der Waals surface area (Å²) in [5, 5.41) is 13.0. The van der Waals surface area contributed by atoms with Crippen LogP contribution in [0.25, 0.3) is 10.6 Å². The van der Waals surface area contributed by atoms with Crippen LogP contribution < -0.4 is 5.73 Å². The molecule has 0 saturated heterocycles. The van der Waals surface area contributed by atoms with Crippen molar-refractivity contribution < 1.29 is 4.92 Å². The molecule has 0 fully saturated rings. The normalized spacial score (nSPS) is 10.3. The van der Waals surface area contributed by atoms with Gasteiger partial charge in [0.25, 0.3) is 0 Å². The van der Waals surface area contributed by atoms with Crippen molar-refractivity contribution in [3.63, 3.8) is 0 Å². The third kappa shape index (κ3) is 1.70. The first-order valence-electron chi connectivity index (χ1n) is 4.09. The molecule has 0 atom stereocenters. The lowest BCUT2D eigenvalue weighted by atomic mass is 10.3. The predicted molar refractivity (Wildman–Crippen MR) is 61.4 cm³/mol. The highest BCUT2D eigenvalue weighted by atomic mass is 35.5. The summed E-state index contributed by atoms with van der Waals surface area (Å²) < 4.78 is 0. The van der Waals surface area contributed by atoms with E-state index < -0.39 is 4.92 Å². The van der Waals surface area contributed by atoms with Crippen LogP contribution in [0, 0.1) is 10.1 Å². The summed E-state index contributed by atoms with van der Waals surface area (Å²) in [6.07, 6.45) is 1.17. The number of nitro groups is 1. The summed E-state index contributed by atoms with van der Waals surface area (Å²) in [5.74, 6) is -0.167. The van der Waals surface area contributed by atoms with Crippen LogP contribution in [0.2, 0.25) is 5.02 Å². The van der Waals surface area contributed by atoms with Crippen LogP contribution in [0.4, 0.5) is 11.5 Å². The number of nitrogens with two attached hydrogens (primary N) is 1. The van der Waals surface area contributed by atoms with Crippen LogP contribution in [0.5, 0.6) is 0 Å². The Kier molecular flexibility index (Phi) is 2.71. The molecule has 6 nitrogen and oxygen atoms in total. The molecule has 8 heteroatoms. The van der Waals surface area contributed by atoms with Gasteiger partial charge in [0.1, 0.15) is 6.33 Å². The highest BCUT2D eigenvalue weighted by molar-refractivity contribution is 7.14. The Balaban J connectivity index is 2.70. The van der Waals surface area contributed by atoms with Crippen molar-refractivity contribution >= 4 is 34.4 Å². The van der Waals surface area contributed by atoms with E-state index in [1.165, 1.54) is 17.7 Å². The minimum Gasteiger partial charge on any atom is -0.378 e. The van der Waals surface area contributed by atoms with E-state index in [-0.39, 0.29) is 17.2 Å². The summed E-state index contributed by atoms with van der Waals surface area (Å²) in [4.78, 5) is 18.2. The maximum atomic E-state index is 10.9. The van der Waals surface area contributed by atoms with Crippen molar-refractivity contribution in [3.05, 3.63) is 32.9 Å². The van der Waals surface area contributed by atoms with Gasteiger partial charge in [-0.1, -0.05) is 11.6 Å². The fraction of sp³-hybridized carbons (Fsp3) is 0. The van der Waals surface area contributed by atoms with E-state index >= 15 is 0 Å². The molecule has 0 aliphatic carbocycles. The van der Waals surface area contributed by atoms with E-state index in [2.05, 4.69) is 9.97 Å². The zero-order chi connectivity index (χ0) is 11.7. The Hall–Kier alpha value is -1.73. The standard InChI is InChI=1S/C8H5ClN4O2S/c9-4-1-2-16-7(4)5-6(13(14)15)8(10)12-3-11-5/h1-3H,(H2,10,11,12). The smallest absolute Gasteiger partial charge is 0.338 e. The molecule has 0 aliphatic heterocycles. The van der Waals surface area contributed by atoms with Crippen molar-refractivity contribution in [2.75, 3.05) is 5.73 Å². The van der Waals surface area contributed by atoms with E-state index in [9.17, 15) is 10.1 Å². The number of anilines is 1. The molecule has 0 aliphatic rings. The largest absolute Gasteiger partial charge is 0.378 e. The van der Waals surface area contributed by atoms with Gasteiger partial charge < -0.3 is 5.73 Å². The van der Waals surface area contributed by atoms with E-state index in [0.29, 0.717) is 9.90 Å². The highest BCUT2D eigenvalue weighted by Gasteiger charge is 2.24. The van der Waals surface area contributed by atoms with E-state index in [4.69, 9.17) is 17.3 Å². The zero-order valence-corrected chi connectivity index (χ0v) is 9.33. The SMILES string of the molecule is Nc1ncnc(-c2sccc2Cl)c1[N+](=O)[O-]. The number of nitrogen functional groups attached to an aromatic ring is 1. The minimum atomic E-state index is -0.610. The Morgan fingerprint density at radius 3 is 2.81 bits per heavy atom. The average Bonchev–Trinajstić information content (AvgIpc) is 2.63. The molecular formula is C8H5ClN4O2S. The molecule has 2 N–H and O–H groups in total. The van der Waals surface area contributed by atoms with E-state index in [1.807, 2.05) is 0 Å². The van der Waals surface area contributed by atoms with Crippen molar-refractivity contribution in [3.8, 4) is 10.6 Å². The number of thiophene rings is 1. The van der Waals surface area contributed by atoms with Gasteiger partial charge >= 0.3 is 5.69 Å². The second-order valence-electron chi connectivity index (χ2n) is 2.81. The van der Waals surface area contributed by atoms with Crippen LogP contribution in [-0.4, -0.2) is 14.9 Å². The van der Waals surface area contributed by atoms with E-state index in [0.717, 1.165) is 0 Å². The van der Waals surface area contributed by atoms with Crippen LogP contribution in [0.3, 0.4) is 0 Å². The summed E-state index contributed by atoms with van der Waals surface area (Å²) in [6, 6.07) is 1.64. The molecule has 0 bridgehead atoms. The second-order valence-corrected chi connectivity index (χ2v) is 4.13. The van der Waals surface area contributed by atoms with Gasteiger partial charge in [-0.2, -0.15) is 0 Å². The summed E-state index contributed by atoms with van der Waals surface area (Å²) >= 11 is 7.15. The number of nitrogens with zero attached hydrogens (tertiary/aromatic N) is 3. The Labute approximate surface area is 98.9 Å². The lowest BCUT2D eigenvalue weighted by molar-refractivity contribution is -0.383. The van der Waals surface area contributed by atoms with Crippen LogP contribution >= 0.6 is 22.9 Å². The third-order valence-electron chi connectivity index (χ3n) is 1.87. The van der Waals surface area contributed by atoms with Gasteiger partial charge in [0.05, 0.1) is 14.8 Å². The molecule has 0 amide bonds. The number of aromatic nitrogens is 2. The second kappa shape index (κ2) is 4.03. The topological polar surface area (TPSA) is 94.9 Å². The lowest BCUT2D eigenvalue weighted by Crippen LogP contribution is -2.01.